The summed E-state index contributed by atoms with van der Waals surface area (Å²) in [6, 6.07) is 31.7. The number of amides is 3. The molecule has 29 heteroatoms. The van der Waals surface area contributed by atoms with Gasteiger partial charge in [-0.1, -0.05) is 18.2 Å². The molecule has 0 radical (unpaired) electrons. The van der Waals surface area contributed by atoms with Crippen LogP contribution in [0.3, 0.4) is 0 Å². The number of aromatic amines is 2. The molecular formula is C71H75N25O4. The van der Waals surface area contributed by atoms with Crippen molar-refractivity contribution in [2.75, 3.05) is 123 Å². The molecule has 0 unspecified atom stereocenters. The lowest BCUT2D eigenvalue weighted by Gasteiger charge is -2.33. The zero-order chi connectivity index (χ0) is 69.1. The van der Waals surface area contributed by atoms with Gasteiger partial charge in [-0.15, -0.1) is 0 Å². The number of rotatable bonds is 15. The summed E-state index contributed by atoms with van der Waals surface area (Å²) < 4.78 is 10.4. The van der Waals surface area contributed by atoms with Crippen LogP contribution in [0.4, 0.5) is 34.1 Å². The van der Waals surface area contributed by atoms with Gasteiger partial charge in [0.2, 0.25) is 0 Å². The molecule has 3 aliphatic heterocycles. The molecule has 15 rings (SSSR count). The van der Waals surface area contributed by atoms with E-state index in [2.05, 4.69) is 137 Å². The number of aryl methyl sites for hydroxylation is 4. The Morgan fingerprint density at radius 1 is 0.440 bits per heavy atom. The largest absolute Gasteiger partial charge is 0.378 e. The van der Waals surface area contributed by atoms with Gasteiger partial charge in [0, 0.05) is 141 Å². The zero-order valence-electron chi connectivity index (χ0n) is 56.2. The number of aromatic nitrogens is 17. The number of hydrogen-bond donors (Lipinski definition) is 5. The number of nitrogens with one attached hydrogen (secondary N) is 5. The molecule has 508 valence electrons. The van der Waals surface area contributed by atoms with Gasteiger partial charge < -0.3 is 45.2 Å². The third kappa shape index (κ3) is 16.1. The number of H-pyrrole nitrogens is 2. The maximum absolute atomic E-state index is 13.1. The lowest BCUT2D eigenvalue weighted by Crippen LogP contribution is -2.44. The van der Waals surface area contributed by atoms with E-state index in [4.69, 9.17) is 4.74 Å². The Bertz CT molecular complexity index is 4740. The summed E-state index contributed by atoms with van der Waals surface area (Å²) in [4.78, 5) is 82.1. The van der Waals surface area contributed by atoms with Crippen LogP contribution >= 0.6 is 0 Å². The van der Waals surface area contributed by atoms with E-state index in [1.807, 2.05) is 94.2 Å². The third-order valence-electron chi connectivity index (χ3n) is 17.0. The third-order valence-corrected chi connectivity index (χ3v) is 17.0. The van der Waals surface area contributed by atoms with E-state index in [1.165, 1.54) is 0 Å². The number of nitrogens with zero attached hydrogens (tertiary/aromatic N) is 20. The summed E-state index contributed by atoms with van der Waals surface area (Å²) in [7, 11) is 9.72. The SMILES string of the molecule is CN1CCN(c2ccc(-c3nn(C)cc3NC(=O)c3cccc(-c4cn[nH]c4)n3)nc2)CC1.Cc1cncc(-c2cccc(C(=O)Nc3cn(C)nc3-c3ccc(N4CCN(C)CC4)cn3)n2)c1.Cn1cc(NC(=O)c2cccc(-c3ccn[nH]3)n2)c(-c2ccc(N3CCOCC3)cn2)n1. The smallest absolute Gasteiger partial charge is 0.274 e. The Labute approximate surface area is 576 Å². The monoisotopic (exact) mass is 1340 g/mol. The van der Waals surface area contributed by atoms with Crippen LogP contribution in [-0.4, -0.2) is 205 Å². The Hall–Kier alpha value is -12.2. The van der Waals surface area contributed by atoms with Crippen molar-refractivity contribution < 1.29 is 19.1 Å². The van der Waals surface area contributed by atoms with Gasteiger partial charge in [-0.25, -0.2) is 15.0 Å². The summed E-state index contributed by atoms with van der Waals surface area (Å²) in [6.45, 7) is 13.2. The first-order valence-corrected chi connectivity index (χ1v) is 32.7. The fourth-order valence-corrected chi connectivity index (χ4v) is 11.6. The Morgan fingerprint density at radius 2 is 0.870 bits per heavy atom. The highest BCUT2D eigenvalue weighted by Crippen LogP contribution is 2.31. The molecule has 0 bridgehead atoms. The number of ether oxygens (including phenoxy) is 1. The summed E-state index contributed by atoms with van der Waals surface area (Å²) in [6.07, 6.45) is 19.5. The Morgan fingerprint density at radius 3 is 1.27 bits per heavy atom. The van der Waals surface area contributed by atoms with Gasteiger partial charge in [0.05, 0.1) is 112 Å². The van der Waals surface area contributed by atoms with E-state index < -0.39 is 0 Å². The molecule has 12 aromatic heterocycles. The van der Waals surface area contributed by atoms with Crippen LogP contribution in [-0.2, 0) is 25.9 Å². The molecular weight excluding hydrogens is 1270 g/mol. The average molecular weight is 1340 g/mol. The maximum atomic E-state index is 13.1. The summed E-state index contributed by atoms with van der Waals surface area (Å²) in [5.41, 5.74) is 15.2. The minimum atomic E-state index is -0.328. The highest BCUT2D eigenvalue weighted by molar-refractivity contribution is 6.06. The Balaban J connectivity index is 0.000000135. The van der Waals surface area contributed by atoms with Gasteiger partial charge in [0.25, 0.3) is 17.7 Å². The lowest BCUT2D eigenvalue weighted by molar-refractivity contribution is 0.101. The second kappa shape index (κ2) is 30.5. The molecule has 0 atom stereocenters. The molecule has 0 aliphatic carbocycles. The molecule has 12 aromatic rings. The second-order valence-electron chi connectivity index (χ2n) is 24.4. The maximum Gasteiger partial charge on any atom is 0.274 e. The summed E-state index contributed by atoms with van der Waals surface area (Å²) in [5, 5.41) is 35.9. The molecule has 3 saturated heterocycles. The highest BCUT2D eigenvalue weighted by Gasteiger charge is 2.23. The minimum Gasteiger partial charge on any atom is -0.378 e. The second-order valence-corrected chi connectivity index (χ2v) is 24.4. The van der Waals surface area contributed by atoms with Crippen LogP contribution in [0.15, 0.2) is 171 Å². The number of carbonyl (C=O) groups excluding carboxylic acids is 3. The van der Waals surface area contributed by atoms with Crippen LogP contribution in [0.1, 0.15) is 37.0 Å². The standard InChI is InChI=1S/C26H28N8O.C23H25N9O.C22H22N8O2/c1-18-13-19(15-27-14-18)21-5-4-6-23(29-21)26(35)30-24-17-33(3)31-25(24)22-8-7-20(16-28-22)34-11-9-32(2)10-12-34;1-30-8-10-32(11-9-30)17-6-7-19(24-14-17)22-21(15-31(2)29-22)28-23(33)20-5-3-4-18(27-20)16-12-25-26-13-16;1-29-14-20(26-22(31)19-4-2-3-16(25-19)17-7-8-24-27-17)21(28-29)18-6-5-15(13-23-18)30-9-11-32-12-10-30/h4-8,13-17H,9-12H2,1-3H3,(H,30,35);3-7,12-15H,8-11H2,1-2H3,(H,25,26)(H,28,33);2-8,13-14H,9-12H2,1H3,(H,24,27)(H,26,31). The van der Waals surface area contributed by atoms with Crippen molar-refractivity contribution in [3.63, 3.8) is 0 Å². The predicted octanol–water partition coefficient (Wildman–Crippen LogP) is 7.88. The van der Waals surface area contributed by atoms with E-state index in [0.29, 0.717) is 98.6 Å². The van der Waals surface area contributed by atoms with Crippen LogP contribution in [0.5, 0.6) is 0 Å². The van der Waals surface area contributed by atoms with Crippen molar-refractivity contribution in [1.29, 1.82) is 0 Å². The summed E-state index contributed by atoms with van der Waals surface area (Å²) >= 11 is 0. The molecule has 0 aromatic carbocycles. The molecule has 3 aliphatic rings. The number of carbonyl (C=O) groups is 3. The van der Waals surface area contributed by atoms with Crippen LogP contribution < -0.4 is 30.7 Å². The first kappa shape index (κ1) is 66.4. The molecule has 29 nitrogen and oxygen atoms in total. The van der Waals surface area contributed by atoms with Gasteiger partial charge in [0.15, 0.2) is 0 Å². The van der Waals surface area contributed by atoms with Crippen LogP contribution in [0, 0.1) is 6.92 Å². The van der Waals surface area contributed by atoms with Gasteiger partial charge in [0.1, 0.15) is 34.2 Å². The number of likely N-dealkylation sites (N-methyl/N-ethyl adjacent to an activating group) is 2. The van der Waals surface area contributed by atoms with Crippen molar-refractivity contribution in [3.05, 3.63) is 194 Å². The van der Waals surface area contributed by atoms with Crippen molar-refractivity contribution in [1.82, 2.24) is 94.4 Å². The fourth-order valence-electron chi connectivity index (χ4n) is 11.6. The number of morpholine rings is 1. The van der Waals surface area contributed by atoms with E-state index in [9.17, 15) is 14.4 Å². The lowest BCUT2D eigenvalue weighted by atomic mass is 10.1. The van der Waals surface area contributed by atoms with E-state index in [0.717, 1.165) is 105 Å². The minimum absolute atomic E-state index is 0.294. The molecule has 3 amide bonds. The molecule has 100 heavy (non-hydrogen) atoms. The molecule has 0 spiro atoms. The van der Waals surface area contributed by atoms with E-state index in [-0.39, 0.29) is 17.7 Å². The summed E-state index contributed by atoms with van der Waals surface area (Å²) in [5.74, 6) is -0.954. The first-order chi connectivity index (χ1) is 48.7. The average Bonchev–Trinajstić information content (AvgIpc) is 1.64. The highest BCUT2D eigenvalue weighted by atomic mass is 16.5. The number of anilines is 6. The molecule has 15 heterocycles. The van der Waals surface area contributed by atoms with Gasteiger partial charge in [-0.2, -0.15) is 25.5 Å². The van der Waals surface area contributed by atoms with Crippen molar-refractivity contribution >= 4 is 51.8 Å². The first-order valence-electron chi connectivity index (χ1n) is 32.7. The van der Waals surface area contributed by atoms with Crippen LogP contribution in [0.2, 0.25) is 0 Å². The quantitative estimate of drug-likeness (QED) is 0.0651. The zero-order valence-corrected chi connectivity index (χ0v) is 56.2. The van der Waals surface area contributed by atoms with Crippen molar-refractivity contribution in [3.8, 4) is 68.1 Å². The van der Waals surface area contributed by atoms with Gasteiger partial charge >= 0.3 is 0 Å². The number of hydrogen-bond acceptors (Lipinski definition) is 21. The molecule has 5 N–H and O–H groups in total. The fraction of sp³-hybridized carbons (Fsp3) is 0.254. The van der Waals surface area contributed by atoms with E-state index in [1.54, 1.807) is 107 Å². The van der Waals surface area contributed by atoms with Crippen LogP contribution in [0.25, 0.3) is 68.1 Å². The van der Waals surface area contributed by atoms with Crippen molar-refractivity contribution in [2.45, 2.75) is 6.92 Å². The van der Waals surface area contributed by atoms with Gasteiger partial charge in [-0.05, 0) is 112 Å². The number of pyridine rings is 7. The van der Waals surface area contributed by atoms with Crippen molar-refractivity contribution in [2.24, 2.45) is 21.1 Å². The predicted molar refractivity (Wildman–Crippen MR) is 381 cm³/mol. The van der Waals surface area contributed by atoms with E-state index >= 15 is 0 Å². The van der Waals surface area contributed by atoms with Gasteiger partial charge in [-0.3, -0.25) is 58.6 Å². The topological polar surface area (TPSA) is 314 Å². The number of piperazine rings is 2. The molecule has 0 saturated carbocycles. The molecule has 3 fully saturated rings. The Kier molecular flexibility index (Phi) is 20.2. The normalized spacial score (nSPS) is 14.2.